The molecule has 0 bridgehead atoms. The van der Waals surface area contributed by atoms with Crippen LogP contribution in [0.15, 0.2) is 29.2 Å². The maximum atomic E-state index is 12.7. The minimum Gasteiger partial charge on any atom is -0.478 e. The van der Waals surface area contributed by atoms with E-state index in [9.17, 15) is 14.4 Å². The van der Waals surface area contributed by atoms with Gasteiger partial charge in [-0.1, -0.05) is 32.0 Å². The van der Waals surface area contributed by atoms with Crippen molar-refractivity contribution in [3.8, 4) is 11.8 Å². The van der Waals surface area contributed by atoms with E-state index in [1.54, 1.807) is 35.2 Å². The second-order valence-electron chi connectivity index (χ2n) is 6.13. The number of thioether (sulfide) groups is 1. The van der Waals surface area contributed by atoms with Crippen molar-refractivity contribution in [1.29, 1.82) is 5.26 Å². The Hall–Kier alpha value is -2.79. The molecule has 0 saturated carbocycles. The van der Waals surface area contributed by atoms with Crippen LogP contribution in [0, 0.1) is 11.3 Å². The Morgan fingerprint density at radius 1 is 1.25 bits per heavy atom. The van der Waals surface area contributed by atoms with Crippen LogP contribution in [-0.2, 0) is 9.59 Å². The molecule has 148 valence electrons. The Morgan fingerprint density at radius 3 is 2.57 bits per heavy atom. The number of rotatable bonds is 9. The first-order valence-electron chi connectivity index (χ1n) is 9.13. The van der Waals surface area contributed by atoms with Crippen LogP contribution in [0.4, 0.5) is 4.79 Å². The van der Waals surface area contributed by atoms with E-state index in [4.69, 9.17) is 10.00 Å². The van der Waals surface area contributed by atoms with Gasteiger partial charge in [-0.05, 0) is 36.7 Å². The molecule has 3 amide bonds. The first-order valence-corrected chi connectivity index (χ1v) is 9.95. The highest BCUT2D eigenvalue weighted by Gasteiger charge is 2.37. The van der Waals surface area contributed by atoms with Crippen LogP contribution in [0.5, 0.6) is 5.75 Å². The van der Waals surface area contributed by atoms with Crippen molar-refractivity contribution in [2.45, 2.75) is 26.7 Å². The highest BCUT2D eigenvalue weighted by atomic mass is 32.2. The molecule has 28 heavy (non-hydrogen) atoms. The topological polar surface area (TPSA) is 90.7 Å². The molecule has 0 N–H and O–H groups in total. The number of carbonyl (C=O) groups is 3. The molecule has 0 spiro atoms. The second kappa shape index (κ2) is 10.5. The van der Waals surface area contributed by atoms with E-state index in [0.29, 0.717) is 24.4 Å². The summed E-state index contributed by atoms with van der Waals surface area (Å²) in [5, 5.41) is 8.22. The molecule has 1 saturated heterocycles. The fourth-order valence-electron chi connectivity index (χ4n) is 2.76. The van der Waals surface area contributed by atoms with Gasteiger partial charge in [0, 0.05) is 18.7 Å². The van der Waals surface area contributed by atoms with Gasteiger partial charge in [-0.15, -0.1) is 0 Å². The van der Waals surface area contributed by atoms with Crippen molar-refractivity contribution in [3.63, 3.8) is 0 Å². The second-order valence-corrected chi connectivity index (χ2v) is 7.13. The number of nitrogens with zero attached hydrogens (tertiary/aromatic N) is 3. The van der Waals surface area contributed by atoms with E-state index in [0.717, 1.165) is 29.5 Å². The molecule has 0 aromatic heterocycles. The maximum Gasteiger partial charge on any atom is 0.294 e. The summed E-state index contributed by atoms with van der Waals surface area (Å²) >= 11 is 0.797. The summed E-state index contributed by atoms with van der Waals surface area (Å²) in [6.45, 7) is 4.78. The predicted molar refractivity (Wildman–Crippen MR) is 107 cm³/mol. The molecule has 0 aliphatic carbocycles. The number of nitriles is 1. The molecule has 7 nitrogen and oxygen atoms in total. The molecular formula is C20H23N3O4S. The lowest BCUT2D eigenvalue weighted by Gasteiger charge is -2.23. The molecule has 1 fully saturated rings. The molecule has 1 aromatic rings. The minimum absolute atomic E-state index is 0.120. The van der Waals surface area contributed by atoms with Crippen LogP contribution in [-0.4, -0.2) is 53.1 Å². The number of amides is 3. The number of hydrogen-bond acceptors (Lipinski definition) is 6. The summed E-state index contributed by atoms with van der Waals surface area (Å²) in [6.07, 6.45) is 3.18. The highest BCUT2D eigenvalue weighted by molar-refractivity contribution is 8.18. The molecule has 1 aromatic carbocycles. The zero-order valence-corrected chi connectivity index (χ0v) is 16.8. The third kappa shape index (κ3) is 5.36. The van der Waals surface area contributed by atoms with Gasteiger partial charge in [-0.3, -0.25) is 19.3 Å². The van der Waals surface area contributed by atoms with E-state index in [-0.39, 0.29) is 24.0 Å². The lowest BCUT2D eigenvalue weighted by molar-refractivity contribution is -0.135. The molecule has 0 radical (unpaired) electrons. The largest absolute Gasteiger partial charge is 0.478 e. The average molecular weight is 401 g/mol. The molecular weight excluding hydrogens is 378 g/mol. The normalized spacial score (nSPS) is 15.0. The van der Waals surface area contributed by atoms with Crippen LogP contribution in [0.25, 0.3) is 6.08 Å². The zero-order valence-electron chi connectivity index (χ0n) is 16.0. The van der Waals surface area contributed by atoms with Gasteiger partial charge in [-0.2, -0.15) is 5.26 Å². The summed E-state index contributed by atoms with van der Waals surface area (Å²) in [5.41, 5.74) is 0.591. The van der Waals surface area contributed by atoms with Crippen molar-refractivity contribution >= 4 is 34.9 Å². The Balaban J connectivity index is 2.16. The minimum atomic E-state index is -0.494. The van der Waals surface area contributed by atoms with E-state index in [1.165, 1.54) is 0 Å². The lowest BCUT2D eigenvalue weighted by atomic mass is 10.2. The van der Waals surface area contributed by atoms with E-state index < -0.39 is 11.1 Å². The Kier molecular flexibility index (Phi) is 8.08. The van der Waals surface area contributed by atoms with Crippen molar-refractivity contribution in [3.05, 3.63) is 34.7 Å². The van der Waals surface area contributed by atoms with Crippen LogP contribution in [0.2, 0.25) is 0 Å². The number of benzene rings is 1. The number of hydrogen-bond donors (Lipinski definition) is 0. The van der Waals surface area contributed by atoms with Gasteiger partial charge in [0.05, 0.1) is 4.91 Å². The van der Waals surface area contributed by atoms with Gasteiger partial charge in [0.1, 0.15) is 18.4 Å². The van der Waals surface area contributed by atoms with Crippen molar-refractivity contribution in [2.24, 2.45) is 0 Å². The first kappa shape index (κ1) is 21.5. The SMILES string of the molecule is CCCN(CCC)C(=O)CN1C(=O)S/C(=C\c2ccccc2OCC#N)C1=O. The average Bonchev–Trinajstić information content (AvgIpc) is 2.94. The Bertz CT molecular complexity index is 810. The van der Waals surface area contributed by atoms with E-state index in [1.807, 2.05) is 19.9 Å². The van der Waals surface area contributed by atoms with Crippen molar-refractivity contribution < 1.29 is 19.1 Å². The molecule has 2 rings (SSSR count). The Morgan fingerprint density at radius 2 is 1.93 bits per heavy atom. The summed E-state index contributed by atoms with van der Waals surface area (Å²) in [7, 11) is 0. The summed E-state index contributed by atoms with van der Waals surface area (Å²) in [5.74, 6) is -0.277. The van der Waals surface area contributed by atoms with Crippen LogP contribution < -0.4 is 4.74 Å². The van der Waals surface area contributed by atoms with E-state index >= 15 is 0 Å². The monoisotopic (exact) mass is 401 g/mol. The Labute approximate surface area is 168 Å². The smallest absolute Gasteiger partial charge is 0.294 e. The fraction of sp³-hybridized carbons (Fsp3) is 0.400. The van der Waals surface area contributed by atoms with Crippen molar-refractivity contribution in [2.75, 3.05) is 26.2 Å². The molecule has 1 heterocycles. The van der Waals surface area contributed by atoms with Gasteiger partial charge in [0.15, 0.2) is 6.61 Å². The first-order chi connectivity index (χ1) is 13.5. The van der Waals surface area contributed by atoms with Gasteiger partial charge in [0.25, 0.3) is 11.1 Å². The van der Waals surface area contributed by atoms with Gasteiger partial charge >= 0.3 is 0 Å². The fourth-order valence-corrected chi connectivity index (χ4v) is 3.58. The molecule has 1 aliphatic rings. The summed E-state index contributed by atoms with van der Waals surface area (Å²) in [4.78, 5) is 40.4. The molecule has 8 heteroatoms. The number of ether oxygens (including phenoxy) is 1. The third-order valence-electron chi connectivity index (χ3n) is 4.00. The zero-order chi connectivity index (χ0) is 20.5. The standard InChI is InChI=1S/C20H23N3O4S/c1-3-10-22(11-4-2)18(24)14-23-19(25)17(28-20(23)26)13-15-7-5-6-8-16(15)27-12-9-21/h5-8,13H,3-4,10-12,14H2,1-2H3/b17-13-. The number of imide groups is 1. The van der Waals surface area contributed by atoms with Crippen LogP contribution in [0.1, 0.15) is 32.3 Å². The van der Waals surface area contributed by atoms with Crippen LogP contribution >= 0.6 is 11.8 Å². The highest BCUT2D eigenvalue weighted by Crippen LogP contribution is 2.33. The third-order valence-corrected chi connectivity index (χ3v) is 4.91. The van der Waals surface area contributed by atoms with Crippen molar-refractivity contribution in [1.82, 2.24) is 9.80 Å². The predicted octanol–water partition coefficient (Wildman–Crippen LogP) is 3.27. The van der Waals surface area contributed by atoms with Gasteiger partial charge in [0.2, 0.25) is 5.91 Å². The summed E-state index contributed by atoms with van der Waals surface area (Å²) in [6, 6.07) is 8.83. The molecule has 0 unspecified atom stereocenters. The lowest BCUT2D eigenvalue weighted by Crippen LogP contribution is -2.42. The molecule has 1 aliphatic heterocycles. The maximum absolute atomic E-state index is 12.7. The summed E-state index contributed by atoms with van der Waals surface area (Å²) < 4.78 is 5.35. The number of para-hydroxylation sites is 1. The van der Waals surface area contributed by atoms with E-state index in [2.05, 4.69) is 0 Å². The molecule has 0 atom stereocenters. The van der Waals surface area contributed by atoms with Gasteiger partial charge < -0.3 is 9.64 Å². The van der Waals surface area contributed by atoms with Crippen LogP contribution in [0.3, 0.4) is 0 Å². The number of carbonyl (C=O) groups excluding carboxylic acids is 3. The quantitative estimate of drug-likeness (QED) is 0.590. The van der Waals surface area contributed by atoms with Gasteiger partial charge in [-0.25, -0.2) is 0 Å².